The topological polar surface area (TPSA) is 58.4 Å². The van der Waals surface area contributed by atoms with Crippen molar-refractivity contribution in [3.8, 4) is 11.5 Å². The van der Waals surface area contributed by atoms with Crippen LogP contribution in [-0.2, 0) is 22.3 Å². The number of hydrogen-bond donors (Lipinski definition) is 0. The highest BCUT2D eigenvalue weighted by atomic mass is 16.5. The van der Waals surface area contributed by atoms with Crippen LogP contribution in [0.5, 0.6) is 11.5 Å². The number of nitrogens with zero attached hydrogens (tertiary/aromatic N) is 3. The Hall–Kier alpha value is -2.08. The van der Waals surface area contributed by atoms with Crippen LogP contribution in [0.3, 0.4) is 0 Å². The molecule has 6 heteroatoms. The molecule has 0 N–H and O–H groups in total. The Morgan fingerprint density at radius 3 is 2.50 bits per heavy atom. The normalized spacial score (nSPS) is 20.4. The van der Waals surface area contributed by atoms with Gasteiger partial charge in [0.25, 0.3) is 0 Å². The average Bonchev–Trinajstić information content (AvgIpc) is 3.22. The lowest BCUT2D eigenvalue weighted by Gasteiger charge is -2.28. The van der Waals surface area contributed by atoms with Crippen molar-refractivity contribution < 1.29 is 14.2 Å². The molecule has 0 spiro atoms. The van der Waals surface area contributed by atoms with Crippen molar-refractivity contribution in [1.82, 2.24) is 14.8 Å². The van der Waals surface area contributed by atoms with Gasteiger partial charge in [-0.2, -0.15) is 5.10 Å². The summed E-state index contributed by atoms with van der Waals surface area (Å²) in [6, 6.07) is 5.91. The molecular weight excluding hydrogens is 330 g/mol. The van der Waals surface area contributed by atoms with Crippen LogP contribution >= 0.6 is 0 Å². The molecule has 142 valence electrons. The third-order valence-electron chi connectivity index (χ3n) is 4.79. The number of hydrogen-bond acceptors (Lipinski definition) is 5. The Bertz CT molecular complexity index is 771. The predicted molar refractivity (Wildman–Crippen MR) is 99.9 cm³/mol. The van der Waals surface area contributed by atoms with E-state index < -0.39 is 0 Å². The lowest BCUT2D eigenvalue weighted by atomic mass is 10.00. The summed E-state index contributed by atoms with van der Waals surface area (Å²) >= 11 is 0. The Morgan fingerprint density at radius 1 is 1.19 bits per heavy atom. The van der Waals surface area contributed by atoms with Crippen molar-refractivity contribution in [3.63, 3.8) is 0 Å². The van der Waals surface area contributed by atoms with Gasteiger partial charge in [0.2, 0.25) is 0 Å². The molecule has 2 aromatic rings. The minimum Gasteiger partial charge on any atom is -0.493 e. The van der Waals surface area contributed by atoms with Crippen molar-refractivity contribution in [1.29, 1.82) is 0 Å². The number of methoxy groups -OCH3 is 2. The van der Waals surface area contributed by atoms with E-state index in [1.54, 1.807) is 14.2 Å². The number of benzene rings is 1. The van der Waals surface area contributed by atoms with Gasteiger partial charge in [-0.25, -0.2) is 9.67 Å². The minimum absolute atomic E-state index is 0.160. The number of aromatic nitrogens is 3. The SMILES string of the molecule is COc1ccc(Cc2nc([C@]3(C)CCCO3)n(C(C)(C)C)n2)cc1OC. The molecule has 1 aromatic heterocycles. The summed E-state index contributed by atoms with van der Waals surface area (Å²) in [5, 5.41) is 4.82. The summed E-state index contributed by atoms with van der Waals surface area (Å²) in [6.45, 7) is 9.32. The minimum atomic E-state index is -0.365. The summed E-state index contributed by atoms with van der Waals surface area (Å²) in [5.74, 6) is 3.14. The van der Waals surface area contributed by atoms with E-state index in [1.807, 2.05) is 22.9 Å². The Kier molecular flexibility index (Phi) is 4.97. The smallest absolute Gasteiger partial charge is 0.161 e. The van der Waals surface area contributed by atoms with Crippen LogP contribution in [0.1, 0.15) is 57.7 Å². The summed E-state index contributed by atoms with van der Waals surface area (Å²) in [4.78, 5) is 4.88. The molecule has 2 heterocycles. The maximum absolute atomic E-state index is 6.03. The van der Waals surface area contributed by atoms with Crippen LogP contribution in [0.15, 0.2) is 18.2 Å². The number of ether oxygens (including phenoxy) is 3. The van der Waals surface area contributed by atoms with Gasteiger partial charge in [0.1, 0.15) is 5.60 Å². The third kappa shape index (κ3) is 3.56. The molecule has 6 nitrogen and oxygen atoms in total. The molecule has 1 atom stereocenters. The Morgan fingerprint density at radius 2 is 1.92 bits per heavy atom. The predicted octanol–water partition coefficient (Wildman–Crippen LogP) is 3.67. The van der Waals surface area contributed by atoms with Gasteiger partial charge in [0.15, 0.2) is 23.1 Å². The molecule has 1 fully saturated rings. The molecule has 1 aliphatic rings. The Labute approximate surface area is 155 Å². The molecule has 3 rings (SSSR count). The summed E-state index contributed by atoms with van der Waals surface area (Å²) < 4.78 is 18.8. The van der Waals surface area contributed by atoms with Gasteiger partial charge in [0.05, 0.1) is 19.8 Å². The fourth-order valence-electron chi connectivity index (χ4n) is 3.37. The first-order valence-corrected chi connectivity index (χ1v) is 9.08. The highest BCUT2D eigenvalue weighted by Gasteiger charge is 2.39. The van der Waals surface area contributed by atoms with Crippen LogP contribution in [0.2, 0.25) is 0 Å². The van der Waals surface area contributed by atoms with Gasteiger partial charge in [-0.3, -0.25) is 0 Å². The molecule has 0 bridgehead atoms. The van der Waals surface area contributed by atoms with Crippen molar-refractivity contribution in [2.45, 2.75) is 58.1 Å². The molecule has 0 radical (unpaired) electrons. The van der Waals surface area contributed by atoms with E-state index in [4.69, 9.17) is 24.3 Å². The summed E-state index contributed by atoms with van der Waals surface area (Å²) in [7, 11) is 3.28. The molecule has 0 amide bonds. The maximum atomic E-state index is 6.03. The van der Waals surface area contributed by atoms with E-state index in [0.29, 0.717) is 12.2 Å². The fraction of sp³-hybridized carbons (Fsp3) is 0.600. The Balaban J connectivity index is 1.95. The average molecular weight is 359 g/mol. The zero-order valence-electron chi connectivity index (χ0n) is 16.6. The van der Waals surface area contributed by atoms with Gasteiger partial charge in [-0.05, 0) is 58.2 Å². The zero-order valence-corrected chi connectivity index (χ0v) is 16.6. The monoisotopic (exact) mass is 359 g/mol. The van der Waals surface area contributed by atoms with Crippen molar-refractivity contribution in [2.75, 3.05) is 20.8 Å². The molecule has 0 saturated carbocycles. The largest absolute Gasteiger partial charge is 0.493 e. The van der Waals surface area contributed by atoms with E-state index in [-0.39, 0.29) is 11.1 Å². The number of rotatable bonds is 5. The highest BCUT2D eigenvalue weighted by Crippen LogP contribution is 2.36. The summed E-state index contributed by atoms with van der Waals surface area (Å²) in [5.41, 5.74) is 0.557. The molecular formula is C20H29N3O3. The van der Waals surface area contributed by atoms with Gasteiger partial charge >= 0.3 is 0 Å². The molecule has 1 aromatic carbocycles. The first-order valence-electron chi connectivity index (χ1n) is 9.08. The second kappa shape index (κ2) is 6.91. The fourth-order valence-corrected chi connectivity index (χ4v) is 3.37. The van der Waals surface area contributed by atoms with E-state index in [0.717, 1.165) is 42.4 Å². The maximum Gasteiger partial charge on any atom is 0.161 e. The summed E-state index contributed by atoms with van der Waals surface area (Å²) in [6.07, 6.45) is 2.66. The van der Waals surface area contributed by atoms with Crippen LogP contribution < -0.4 is 9.47 Å². The van der Waals surface area contributed by atoms with Crippen LogP contribution in [0, 0.1) is 0 Å². The van der Waals surface area contributed by atoms with Gasteiger partial charge in [0, 0.05) is 13.0 Å². The van der Waals surface area contributed by atoms with Gasteiger partial charge < -0.3 is 14.2 Å². The molecule has 1 saturated heterocycles. The highest BCUT2D eigenvalue weighted by molar-refractivity contribution is 5.43. The van der Waals surface area contributed by atoms with Crippen LogP contribution in [0.25, 0.3) is 0 Å². The first kappa shape index (κ1) is 18.7. The molecule has 0 aliphatic carbocycles. The molecule has 1 aliphatic heterocycles. The van der Waals surface area contributed by atoms with Crippen LogP contribution in [-0.4, -0.2) is 35.6 Å². The van der Waals surface area contributed by atoms with Gasteiger partial charge in [-0.1, -0.05) is 6.07 Å². The lowest BCUT2D eigenvalue weighted by molar-refractivity contribution is 0.00227. The van der Waals surface area contributed by atoms with Gasteiger partial charge in [-0.15, -0.1) is 0 Å². The van der Waals surface area contributed by atoms with Crippen molar-refractivity contribution >= 4 is 0 Å². The standard InChI is InChI=1S/C20H29N3O3/c1-19(2,3)23-18(20(4)10-7-11-26-20)21-17(22-23)13-14-8-9-15(24-5)16(12-14)25-6/h8-9,12H,7,10-11,13H2,1-6H3/t20-/m0/s1. The van der Waals surface area contributed by atoms with E-state index >= 15 is 0 Å². The second-order valence-corrected chi connectivity index (χ2v) is 7.98. The molecule has 0 unspecified atom stereocenters. The first-order chi connectivity index (χ1) is 12.3. The van der Waals surface area contributed by atoms with Crippen molar-refractivity contribution in [2.24, 2.45) is 0 Å². The van der Waals surface area contributed by atoms with Crippen LogP contribution in [0.4, 0.5) is 0 Å². The lowest BCUT2D eigenvalue weighted by Crippen LogP contribution is -2.33. The van der Waals surface area contributed by atoms with E-state index in [1.165, 1.54) is 0 Å². The third-order valence-corrected chi connectivity index (χ3v) is 4.79. The second-order valence-electron chi connectivity index (χ2n) is 7.98. The van der Waals surface area contributed by atoms with Crippen molar-refractivity contribution in [3.05, 3.63) is 35.4 Å². The van der Waals surface area contributed by atoms with E-state index in [2.05, 4.69) is 27.7 Å². The molecule has 26 heavy (non-hydrogen) atoms. The quantitative estimate of drug-likeness (QED) is 0.815. The van der Waals surface area contributed by atoms with E-state index in [9.17, 15) is 0 Å². The zero-order chi connectivity index (χ0) is 18.9.